The number of benzene rings is 1. The molecule has 6 rings (SSSR count). The number of imidazole rings is 1. The van der Waals surface area contributed by atoms with Crippen molar-refractivity contribution in [1.82, 2.24) is 14.9 Å². The predicted octanol–water partition coefficient (Wildman–Crippen LogP) is 6.60. The molecule has 158 valence electrons. The van der Waals surface area contributed by atoms with Crippen LogP contribution < -0.4 is 5.32 Å². The molecule has 3 heterocycles. The molecule has 1 aromatic carbocycles. The van der Waals surface area contributed by atoms with Gasteiger partial charge in [0.2, 0.25) is 0 Å². The van der Waals surface area contributed by atoms with Crippen molar-refractivity contribution in [3.63, 3.8) is 0 Å². The molecule has 2 aliphatic carbocycles. The average molecular weight is 414 g/mol. The third kappa shape index (κ3) is 4.37. The summed E-state index contributed by atoms with van der Waals surface area (Å²) in [5.74, 6) is 3.82. The van der Waals surface area contributed by atoms with Crippen LogP contribution in [-0.2, 0) is 5.88 Å². The summed E-state index contributed by atoms with van der Waals surface area (Å²) in [5.41, 5.74) is 2.32. The lowest BCUT2D eigenvalue weighted by Gasteiger charge is -2.41. The van der Waals surface area contributed by atoms with Crippen LogP contribution in [-0.4, -0.2) is 21.6 Å². The summed E-state index contributed by atoms with van der Waals surface area (Å²) in [6.45, 7) is 0. The maximum Gasteiger partial charge on any atom is 0.125 e. The van der Waals surface area contributed by atoms with Crippen molar-refractivity contribution in [1.29, 1.82) is 0 Å². The zero-order chi connectivity index (χ0) is 19.6. The molecule has 4 aliphatic rings. The van der Waals surface area contributed by atoms with Gasteiger partial charge in [0.25, 0.3) is 0 Å². The van der Waals surface area contributed by atoms with Gasteiger partial charge < -0.3 is 9.88 Å². The molecule has 0 amide bonds. The first-order valence-corrected chi connectivity index (χ1v) is 12.6. The highest BCUT2D eigenvalue weighted by molar-refractivity contribution is 6.16. The molecule has 2 aromatic rings. The lowest BCUT2D eigenvalue weighted by Crippen LogP contribution is -2.49. The maximum absolute atomic E-state index is 6.14. The lowest BCUT2D eigenvalue weighted by molar-refractivity contribution is 0.189. The van der Waals surface area contributed by atoms with Crippen molar-refractivity contribution in [2.45, 2.75) is 101 Å². The number of aromatic nitrogens is 2. The fourth-order valence-electron chi connectivity index (χ4n) is 6.66. The summed E-state index contributed by atoms with van der Waals surface area (Å²) < 4.78 is 2.41. The van der Waals surface area contributed by atoms with Gasteiger partial charge in [-0.2, -0.15) is 0 Å². The molecule has 29 heavy (non-hydrogen) atoms. The summed E-state index contributed by atoms with van der Waals surface area (Å²) in [4.78, 5) is 4.71. The Morgan fingerprint density at radius 1 is 0.862 bits per heavy atom. The Morgan fingerprint density at radius 2 is 1.48 bits per heavy atom. The minimum absolute atomic E-state index is 0.494. The van der Waals surface area contributed by atoms with E-state index < -0.39 is 0 Å². The van der Waals surface area contributed by atoms with Gasteiger partial charge in [-0.15, -0.1) is 11.6 Å². The van der Waals surface area contributed by atoms with E-state index in [1.165, 1.54) is 50.5 Å². The van der Waals surface area contributed by atoms with Crippen LogP contribution >= 0.6 is 11.6 Å². The lowest BCUT2D eigenvalue weighted by atomic mass is 9.72. The molecule has 2 unspecified atom stereocenters. The highest BCUT2D eigenvalue weighted by atomic mass is 35.5. The second-order valence-corrected chi connectivity index (χ2v) is 10.2. The molecule has 2 aliphatic heterocycles. The van der Waals surface area contributed by atoms with E-state index in [-0.39, 0.29) is 0 Å². The molecule has 2 saturated carbocycles. The summed E-state index contributed by atoms with van der Waals surface area (Å²) in [7, 11) is 0. The fourth-order valence-corrected chi connectivity index (χ4v) is 6.85. The van der Waals surface area contributed by atoms with E-state index in [0.29, 0.717) is 24.0 Å². The minimum atomic E-state index is 0.494. The maximum atomic E-state index is 6.14. The van der Waals surface area contributed by atoms with Crippen LogP contribution in [0.4, 0.5) is 0 Å². The molecular weight excluding hydrogens is 378 g/mol. The Morgan fingerprint density at radius 3 is 2.10 bits per heavy atom. The molecule has 1 aromatic heterocycles. The zero-order valence-corrected chi connectivity index (χ0v) is 18.4. The number of alkyl halides is 1. The number of piperidine rings is 2. The number of rotatable bonds is 2. The quantitative estimate of drug-likeness (QED) is 0.562. The Hall–Kier alpha value is -1.06. The Kier molecular flexibility index (Phi) is 6.15. The Balaban J connectivity index is 0.000000168. The minimum Gasteiger partial charge on any atom is -0.324 e. The van der Waals surface area contributed by atoms with E-state index in [0.717, 1.165) is 23.2 Å². The summed E-state index contributed by atoms with van der Waals surface area (Å²) in [5, 5.41) is 3.76. The molecular formula is C25H36ClN3. The van der Waals surface area contributed by atoms with Crippen molar-refractivity contribution in [3.05, 3.63) is 30.1 Å². The first-order chi connectivity index (χ1) is 14.3. The summed E-state index contributed by atoms with van der Waals surface area (Å²) in [6, 6.07) is 10.3. The van der Waals surface area contributed by atoms with Crippen molar-refractivity contribution in [2.24, 2.45) is 11.8 Å². The van der Waals surface area contributed by atoms with Gasteiger partial charge in [0.1, 0.15) is 5.82 Å². The SMILES string of the molecule is C1CC2CCCC(C1)C2.ClCc1nc2ccccc2n1C1CC2CCCC(C1)N2. The third-order valence-electron chi connectivity index (χ3n) is 7.96. The van der Waals surface area contributed by atoms with E-state index in [1.807, 2.05) is 0 Å². The molecule has 1 N–H and O–H groups in total. The zero-order valence-electron chi connectivity index (χ0n) is 17.7. The Bertz CT molecular complexity index is 784. The number of halogens is 1. The predicted molar refractivity (Wildman–Crippen MR) is 121 cm³/mol. The van der Waals surface area contributed by atoms with E-state index in [2.05, 4.69) is 34.1 Å². The first-order valence-electron chi connectivity index (χ1n) is 12.1. The van der Waals surface area contributed by atoms with Gasteiger partial charge in [0.15, 0.2) is 0 Å². The summed E-state index contributed by atoms with van der Waals surface area (Å²) >= 11 is 6.14. The van der Waals surface area contributed by atoms with E-state index in [4.69, 9.17) is 16.6 Å². The largest absolute Gasteiger partial charge is 0.324 e. The van der Waals surface area contributed by atoms with Crippen LogP contribution in [0.5, 0.6) is 0 Å². The highest BCUT2D eigenvalue weighted by Crippen LogP contribution is 2.39. The van der Waals surface area contributed by atoms with Crippen molar-refractivity contribution in [3.8, 4) is 0 Å². The van der Waals surface area contributed by atoms with Gasteiger partial charge in [-0.1, -0.05) is 57.1 Å². The number of fused-ring (bicyclic) bond motifs is 5. The molecule has 4 bridgehead atoms. The second-order valence-electron chi connectivity index (χ2n) is 9.97. The van der Waals surface area contributed by atoms with Crippen LogP contribution in [0.15, 0.2) is 24.3 Å². The molecule has 3 nitrogen and oxygen atoms in total. The normalized spacial score (nSPS) is 33.8. The second kappa shape index (κ2) is 8.98. The highest BCUT2D eigenvalue weighted by Gasteiger charge is 2.33. The van der Waals surface area contributed by atoms with Crippen molar-refractivity contribution >= 4 is 22.6 Å². The standard InChI is InChI=1S/C16H20ClN3.C9H16/c17-10-16-19-14-6-1-2-7-15(14)20(16)13-8-11-4-3-5-12(9-13)18-11;1-3-8-5-2-6-9(4-1)7-8/h1-2,6-7,11-13,18H,3-5,8-10H2;8-9H,1-7H2. The molecule has 0 radical (unpaired) electrons. The van der Waals surface area contributed by atoms with Gasteiger partial charge in [-0.25, -0.2) is 4.98 Å². The monoisotopic (exact) mass is 413 g/mol. The van der Waals surface area contributed by atoms with Crippen molar-refractivity contribution < 1.29 is 0 Å². The van der Waals surface area contributed by atoms with Gasteiger partial charge in [-0.05, 0) is 56.1 Å². The van der Waals surface area contributed by atoms with Crippen LogP contribution in [0.1, 0.15) is 88.9 Å². The number of nitrogens with one attached hydrogen (secondary N) is 1. The molecule has 4 heteroatoms. The molecule has 2 atom stereocenters. The smallest absolute Gasteiger partial charge is 0.125 e. The molecule has 2 saturated heterocycles. The number of nitrogens with zero attached hydrogens (tertiary/aromatic N) is 2. The van der Waals surface area contributed by atoms with E-state index in [1.54, 1.807) is 32.1 Å². The average Bonchev–Trinajstić information content (AvgIpc) is 3.13. The molecule has 4 fully saturated rings. The van der Waals surface area contributed by atoms with Gasteiger partial charge in [-0.3, -0.25) is 0 Å². The van der Waals surface area contributed by atoms with Crippen LogP contribution in [0.3, 0.4) is 0 Å². The number of hydrogen-bond acceptors (Lipinski definition) is 2. The topological polar surface area (TPSA) is 29.9 Å². The Labute approximate surface area is 180 Å². The van der Waals surface area contributed by atoms with E-state index >= 15 is 0 Å². The molecule has 0 spiro atoms. The van der Waals surface area contributed by atoms with E-state index in [9.17, 15) is 0 Å². The summed E-state index contributed by atoms with van der Waals surface area (Å²) in [6.07, 6.45) is 17.3. The third-order valence-corrected chi connectivity index (χ3v) is 8.20. The van der Waals surface area contributed by atoms with Crippen LogP contribution in [0, 0.1) is 11.8 Å². The van der Waals surface area contributed by atoms with Gasteiger partial charge >= 0.3 is 0 Å². The van der Waals surface area contributed by atoms with Crippen LogP contribution in [0.25, 0.3) is 11.0 Å². The van der Waals surface area contributed by atoms with Crippen LogP contribution in [0.2, 0.25) is 0 Å². The van der Waals surface area contributed by atoms with Crippen molar-refractivity contribution in [2.75, 3.05) is 0 Å². The fraction of sp³-hybridized carbons (Fsp3) is 0.720. The number of hydrogen-bond donors (Lipinski definition) is 1. The van der Waals surface area contributed by atoms with Gasteiger partial charge in [0.05, 0.1) is 16.9 Å². The van der Waals surface area contributed by atoms with Gasteiger partial charge in [0, 0.05) is 18.1 Å². The first kappa shape index (κ1) is 19.9. The number of para-hydroxylation sites is 2.